The molecule has 0 aliphatic rings. The van der Waals surface area contributed by atoms with E-state index in [-0.39, 0.29) is 6.61 Å². The molecule has 1 N–H and O–H groups in total. The second-order valence-corrected chi connectivity index (χ2v) is 3.17. The van der Waals surface area contributed by atoms with Gasteiger partial charge in [0, 0.05) is 6.20 Å². The predicted octanol–water partition coefficient (Wildman–Crippen LogP) is 2.41. The van der Waals surface area contributed by atoms with Gasteiger partial charge in [0.25, 0.3) is 0 Å². The molecule has 0 aliphatic heterocycles. The summed E-state index contributed by atoms with van der Waals surface area (Å²) in [6.45, 7) is 7.36. The van der Waals surface area contributed by atoms with E-state index in [1.54, 1.807) is 18.3 Å². The van der Waals surface area contributed by atoms with Crippen LogP contribution in [0.5, 0.6) is 0 Å². The molecule has 0 saturated carbocycles. The first-order valence-corrected chi connectivity index (χ1v) is 4.79. The standard InChI is InChI=1S/C13H15NO/c1-3-5-11(4-2)8-12-6-7-14-13(9-12)10-15/h3-7,9,15H,1-2,8,10H2/b11-5+. The van der Waals surface area contributed by atoms with Crippen molar-refractivity contribution >= 4 is 0 Å². The molecular formula is C13H15NO. The zero-order chi connectivity index (χ0) is 11.1. The maximum Gasteiger partial charge on any atom is 0.0853 e. The summed E-state index contributed by atoms with van der Waals surface area (Å²) in [7, 11) is 0. The van der Waals surface area contributed by atoms with Crippen molar-refractivity contribution in [3.8, 4) is 0 Å². The summed E-state index contributed by atoms with van der Waals surface area (Å²) in [4.78, 5) is 4.02. The number of hydrogen-bond donors (Lipinski definition) is 1. The molecule has 2 heteroatoms. The lowest BCUT2D eigenvalue weighted by molar-refractivity contribution is 0.276. The van der Waals surface area contributed by atoms with Crippen molar-refractivity contribution in [3.63, 3.8) is 0 Å². The highest BCUT2D eigenvalue weighted by Crippen LogP contribution is 2.10. The first-order valence-electron chi connectivity index (χ1n) is 4.79. The quantitative estimate of drug-likeness (QED) is 0.742. The van der Waals surface area contributed by atoms with E-state index in [1.807, 2.05) is 18.2 Å². The van der Waals surface area contributed by atoms with Crippen LogP contribution >= 0.6 is 0 Å². The highest BCUT2D eigenvalue weighted by atomic mass is 16.3. The van der Waals surface area contributed by atoms with E-state index in [0.29, 0.717) is 5.69 Å². The summed E-state index contributed by atoms with van der Waals surface area (Å²) in [6.07, 6.45) is 7.96. The third kappa shape index (κ3) is 3.52. The van der Waals surface area contributed by atoms with Crippen molar-refractivity contribution in [3.05, 3.63) is 66.5 Å². The Morgan fingerprint density at radius 2 is 2.27 bits per heavy atom. The van der Waals surface area contributed by atoms with Crippen LogP contribution in [0.15, 0.2) is 55.3 Å². The Labute approximate surface area is 90.3 Å². The van der Waals surface area contributed by atoms with E-state index in [2.05, 4.69) is 18.1 Å². The minimum absolute atomic E-state index is 0.0254. The van der Waals surface area contributed by atoms with Crippen molar-refractivity contribution in [2.24, 2.45) is 0 Å². The molecule has 0 amide bonds. The number of rotatable bonds is 5. The normalized spacial score (nSPS) is 11.1. The molecule has 0 saturated heterocycles. The average Bonchev–Trinajstić information content (AvgIpc) is 2.29. The largest absolute Gasteiger partial charge is 0.390 e. The summed E-state index contributed by atoms with van der Waals surface area (Å²) in [5.74, 6) is 0. The molecule has 0 aliphatic carbocycles. The molecule has 0 fully saturated rings. The van der Waals surface area contributed by atoms with E-state index >= 15 is 0 Å². The van der Waals surface area contributed by atoms with Gasteiger partial charge in [0.2, 0.25) is 0 Å². The molecule has 1 aromatic heterocycles. The Kier molecular flexibility index (Phi) is 4.51. The molecular weight excluding hydrogens is 186 g/mol. The summed E-state index contributed by atoms with van der Waals surface area (Å²) in [5.41, 5.74) is 2.90. The molecule has 2 nitrogen and oxygen atoms in total. The van der Waals surface area contributed by atoms with Crippen molar-refractivity contribution < 1.29 is 5.11 Å². The molecule has 0 atom stereocenters. The van der Waals surface area contributed by atoms with Gasteiger partial charge in [-0.05, 0) is 29.7 Å². The molecule has 0 bridgehead atoms. The molecule has 1 rings (SSSR count). The lowest BCUT2D eigenvalue weighted by Crippen LogP contribution is -1.93. The van der Waals surface area contributed by atoms with Crippen molar-refractivity contribution in [2.45, 2.75) is 13.0 Å². The van der Waals surface area contributed by atoms with Crippen LogP contribution < -0.4 is 0 Å². The van der Waals surface area contributed by atoms with Crippen LogP contribution in [0.4, 0.5) is 0 Å². The van der Waals surface area contributed by atoms with Gasteiger partial charge in [-0.25, -0.2) is 0 Å². The van der Waals surface area contributed by atoms with Crippen LogP contribution in [-0.4, -0.2) is 10.1 Å². The summed E-state index contributed by atoms with van der Waals surface area (Å²) in [5, 5.41) is 8.94. The van der Waals surface area contributed by atoms with Crippen molar-refractivity contribution in [2.75, 3.05) is 0 Å². The molecule has 15 heavy (non-hydrogen) atoms. The Bertz CT molecular complexity index is 380. The summed E-state index contributed by atoms with van der Waals surface area (Å²) >= 11 is 0. The maximum absolute atomic E-state index is 8.94. The van der Waals surface area contributed by atoms with E-state index in [4.69, 9.17) is 5.11 Å². The van der Waals surface area contributed by atoms with Crippen LogP contribution in [0.2, 0.25) is 0 Å². The van der Waals surface area contributed by atoms with E-state index in [9.17, 15) is 0 Å². The highest BCUT2D eigenvalue weighted by molar-refractivity contribution is 5.29. The van der Waals surface area contributed by atoms with Gasteiger partial charge in [-0.3, -0.25) is 4.98 Å². The van der Waals surface area contributed by atoms with Crippen LogP contribution in [0.3, 0.4) is 0 Å². The van der Waals surface area contributed by atoms with E-state index < -0.39 is 0 Å². The second kappa shape index (κ2) is 5.94. The lowest BCUT2D eigenvalue weighted by Gasteiger charge is -2.03. The van der Waals surface area contributed by atoms with Gasteiger partial charge in [0.15, 0.2) is 0 Å². The number of aliphatic hydroxyl groups is 1. The summed E-state index contributed by atoms with van der Waals surface area (Å²) in [6, 6.07) is 3.82. The number of nitrogens with zero attached hydrogens (tertiary/aromatic N) is 1. The maximum atomic E-state index is 8.94. The minimum atomic E-state index is -0.0254. The van der Waals surface area contributed by atoms with Gasteiger partial charge in [-0.1, -0.05) is 31.4 Å². The number of allylic oxidation sites excluding steroid dienone is 4. The molecule has 0 radical (unpaired) electrons. The molecule has 0 spiro atoms. The number of aromatic nitrogens is 1. The van der Waals surface area contributed by atoms with Crippen LogP contribution in [0.1, 0.15) is 11.3 Å². The van der Waals surface area contributed by atoms with Crippen molar-refractivity contribution in [1.82, 2.24) is 4.98 Å². The first kappa shape index (κ1) is 11.4. The van der Waals surface area contributed by atoms with E-state index in [1.165, 1.54) is 0 Å². The van der Waals surface area contributed by atoms with Gasteiger partial charge in [0.1, 0.15) is 0 Å². The topological polar surface area (TPSA) is 33.1 Å². The third-order valence-corrected chi connectivity index (χ3v) is 2.05. The fourth-order valence-electron chi connectivity index (χ4n) is 1.31. The number of aliphatic hydroxyl groups excluding tert-OH is 1. The fourth-order valence-corrected chi connectivity index (χ4v) is 1.31. The van der Waals surface area contributed by atoms with Gasteiger partial charge in [0.05, 0.1) is 12.3 Å². The number of hydrogen-bond acceptors (Lipinski definition) is 2. The lowest BCUT2D eigenvalue weighted by atomic mass is 10.1. The van der Waals surface area contributed by atoms with Gasteiger partial charge >= 0.3 is 0 Å². The van der Waals surface area contributed by atoms with Crippen LogP contribution in [-0.2, 0) is 13.0 Å². The van der Waals surface area contributed by atoms with Crippen molar-refractivity contribution in [1.29, 1.82) is 0 Å². The SMILES string of the molecule is C=C/C=C(\C=C)Cc1ccnc(CO)c1. The van der Waals surface area contributed by atoms with Gasteiger partial charge < -0.3 is 5.11 Å². The fraction of sp³-hybridized carbons (Fsp3) is 0.154. The minimum Gasteiger partial charge on any atom is -0.390 e. The zero-order valence-electron chi connectivity index (χ0n) is 8.69. The Morgan fingerprint density at radius 1 is 1.47 bits per heavy atom. The van der Waals surface area contributed by atoms with E-state index in [0.717, 1.165) is 17.6 Å². The van der Waals surface area contributed by atoms with Gasteiger partial charge in [-0.2, -0.15) is 0 Å². The molecule has 78 valence electrons. The molecule has 0 aromatic carbocycles. The third-order valence-electron chi connectivity index (χ3n) is 2.05. The first-order chi connectivity index (χ1) is 7.30. The zero-order valence-corrected chi connectivity index (χ0v) is 8.69. The number of pyridine rings is 1. The predicted molar refractivity (Wildman–Crippen MR) is 62.3 cm³/mol. The smallest absolute Gasteiger partial charge is 0.0853 e. The van der Waals surface area contributed by atoms with Gasteiger partial charge in [-0.15, -0.1) is 0 Å². The molecule has 1 heterocycles. The highest BCUT2D eigenvalue weighted by Gasteiger charge is 1.98. The molecule has 0 unspecified atom stereocenters. The van der Waals surface area contributed by atoms with Crippen LogP contribution in [0.25, 0.3) is 0 Å². The Balaban J connectivity index is 2.83. The monoisotopic (exact) mass is 201 g/mol. The Hall–Kier alpha value is -1.67. The summed E-state index contributed by atoms with van der Waals surface area (Å²) < 4.78 is 0. The average molecular weight is 201 g/mol. The van der Waals surface area contributed by atoms with Crippen LogP contribution in [0, 0.1) is 0 Å². The second-order valence-electron chi connectivity index (χ2n) is 3.17. The Morgan fingerprint density at radius 3 is 2.87 bits per heavy atom. The molecule has 1 aromatic rings.